The largest absolute Gasteiger partial charge is 0.356 e. The molecule has 2 heterocycles. The molecule has 0 radical (unpaired) electrons. The lowest BCUT2D eigenvalue weighted by atomic mass is 9.94. The van der Waals surface area contributed by atoms with Gasteiger partial charge in [-0.3, -0.25) is 0 Å². The summed E-state index contributed by atoms with van der Waals surface area (Å²) in [5.41, 5.74) is 1.54. The summed E-state index contributed by atoms with van der Waals surface area (Å²) in [6, 6.07) is 0.666. The number of thiophene rings is 1. The van der Waals surface area contributed by atoms with Crippen molar-refractivity contribution in [3.05, 3.63) is 16.8 Å². The van der Waals surface area contributed by atoms with Crippen molar-refractivity contribution in [3.8, 4) is 0 Å². The number of aromatic nitrogens is 2. The van der Waals surface area contributed by atoms with Gasteiger partial charge in [0.05, 0.1) is 5.39 Å². The molecule has 2 aromatic heterocycles. The Morgan fingerprint density at radius 1 is 1.10 bits per heavy atom. The van der Waals surface area contributed by atoms with Crippen LogP contribution in [0.15, 0.2) is 6.33 Å². The lowest BCUT2D eigenvalue weighted by Crippen LogP contribution is -2.34. The van der Waals surface area contributed by atoms with E-state index in [4.69, 9.17) is 0 Å². The minimum absolute atomic E-state index is 0.666. The summed E-state index contributed by atoms with van der Waals surface area (Å²) < 4.78 is 0. The summed E-state index contributed by atoms with van der Waals surface area (Å²) in [5, 5.41) is 1.36. The number of rotatable bonds is 2. The van der Waals surface area contributed by atoms with E-state index in [9.17, 15) is 0 Å². The molecule has 0 N–H and O–H groups in total. The van der Waals surface area contributed by atoms with Crippen LogP contribution in [0.25, 0.3) is 10.2 Å². The fraction of sp³-hybridized carbons (Fsp3) is 0.625. The Morgan fingerprint density at radius 2 is 1.95 bits per heavy atom. The summed E-state index contributed by atoms with van der Waals surface area (Å²) in [6.07, 6.45) is 12.3. The van der Waals surface area contributed by atoms with Crippen molar-refractivity contribution in [1.82, 2.24) is 9.97 Å². The van der Waals surface area contributed by atoms with Gasteiger partial charge in [0.2, 0.25) is 0 Å². The molecule has 0 spiro atoms. The topological polar surface area (TPSA) is 29.0 Å². The van der Waals surface area contributed by atoms with Crippen LogP contribution in [0.2, 0.25) is 0 Å². The maximum atomic E-state index is 4.65. The Balaban J connectivity index is 1.78. The predicted octanol–water partition coefficient (Wildman–Crippen LogP) is 3.95. The molecule has 4 heteroatoms. The van der Waals surface area contributed by atoms with Gasteiger partial charge in [-0.25, -0.2) is 9.97 Å². The van der Waals surface area contributed by atoms with Crippen LogP contribution in [-0.4, -0.2) is 23.1 Å². The highest BCUT2D eigenvalue weighted by atomic mass is 32.1. The Labute approximate surface area is 124 Å². The van der Waals surface area contributed by atoms with Gasteiger partial charge in [0.15, 0.2) is 0 Å². The van der Waals surface area contributed by atoms with Gasteiger partial charge in [-0.1, -0.05) is 19.3 Å². The summed E-state index contributed by atoms with van der Waals surface area (Å²) in [5.74, 6) is 1.18. The Hall–Kier alpha value is -1.16. The molecule has 0 aromatic carbocycles. The highest BCUT2D eigenvalue weighted by Gasteiger charge is 2.25. The van der Waals surface area contributed by atoms with Crippen LogP contribution in [0.4, 0.5) is 5.82 Å². The average molecular weight is 287 g/mol. The Kier molecular flexibility index (Phi) is 3.14. The van der Waals surface area contributed by atoms with E-state index in [2.05, 4.69) is 21.9 Å². The van der Waals surface area contributed by atoms with E-state index in [1.54, 1.807) is 16.8 Å². The van der Waals surface area contributed by atoms with Crippen LogP contribution < -0.4 is 4.90 Å². The number of fused-ring (bicyclic) bond motifs is 3. The van der Waals surface area contributed by atoms with Crippen molar-refractivity contribution < 1.29 is 0 Å². The van der Waals surface area contributed by atoms with E-state index in [0.717, 1.165) is 0 Å². The van der Waals surface area contributed by atoms with Gasteiger partial charge in [-0.15, -0.1) is 11.3 Å². The number of hydrogen-bond donors (Lipinski definition) is 0. The number of hydrogen-bond acceptors (Lipinski definition) is 4. The second-order valence-corrected chi connectivity index (χ2v) is 7.22. The van der Waals surface area contributed by atoms with Crippen molar-refractivity contribution in [1.29, 1.82) is 0 Å². The van der Waals surface area contributed by atoms with Gasteiger partial charge in [-0.2, -0.15) is 0 Å². The first kappa shape index (κ1) is 12.6. The minimum Gasteiger partial charge on any atom is -0.356 e. The van der Waals surface area contributed by atoms with E-state index in [1.807, 2.05) is 11.3 Å². The molecular formula is C16H21N3S. The normalized spacial score (nSPS) is 19.4. The third kappa shape index (κ3) is 1.93. The lowest BCUT2D eigenvalue weighted by Gasteiger charge is -2.32. The van der Waals surface area contributed by atoms with E-state index < -0.39 is 0 Å². The molecule has 4 rings (SSSR count). The van der Waals surface area contributed by atoms with Crippen molar-refractivity contribution in [2.75, 3.05) is 11.9 Å². The zero-order valence-electron chi connectivity index (χ0n) is 12.1. The second kappa shape index (κ2) is 4.99. The number of aryl methyl sites for hydroxylation is 2. The third-order valence-corrected chi connectivity index (χ3v) is 6.14. The monoisotopic (exact) mass is 287 g/mol. The molecule has 0 atom stereocenters. The summed E-state index contributed by atoms with van der Waals surface area (Å²) in [4.78, 5) is 14.4. The molecule has 2 aromatic rings. The van der Waals surface area contributed by atoms with Crippen LogP contribution in [0.3, 0.4) is 0 Å². The first-order valence-corrected chi connectivity index (χ1v) is 8.64. The standard InChI is InChI=1S/C16H21N3S/c1-19(11-6-3-2-4-7-11)15-14-12-8-5-9-13(12)20-16(14)18-10-17-15/h10-11H,2-9H2,1H3. The lowest BCUT2D eigenvalue weighted by molar-refractivity contribution is 0.426. The van der Waals surface area contributed by atoms with Crippen molar-refractivity contribution in [2.24, 2.45) is 0 Å². The SMILES string of the molecule is CN(c1ncnc2sc3c(c12)CCC3)C1CCCCC1. The zero-order valence-corrected chi connectivity index (χ0v) is 12.9. The average Bonchev–Trinajstić information content (AvgIpc) is 3.07. The summed E-state index contributed by atoms with van der Waals surface area (Å²) in [6.45, 7) is 0. The van der Waals surface area contributed by atoms with Crippen LogP contribution in [0.1, 0.15) is 49.0 Å². The van der Waals surface area contributed by atoms with Gasteiger partial charge in [0, 0.05) is 18.0 Å². The first-order chi connectivity index (χ1) is 9.84. The molecule has 1 saturated carbocycles. The van der Waals surface area contributed by atoms with Gasteiger partial charge >= 0.3 is 0 Å². The molecule has 106 valence electrons. The van der Waals surface area contributed by atoms with E-state index >= 15 is 0 Å². The van der Waals surface area contributed by atoms with Crippen LogP contribution in [0, 0.1) is 0 Å². The van der Waals surface area contributed by atoms with Gasteiger partial charge in [-0.05, 0) is 37.7 Å². The molecule has 2 aliphatic rings. The van der Waals surface area contributed by atoms with E-state index in [1.165, 1.54) is 67.4 Å². The van der Waals surface area contributed by atoms with Gasteiger partial charge < -0.3 is 4.90 Å². The minimum atomic E-state index is 0.666. The molecule has 0 aliphatic heterocycles. The molecule has 3 nitrogen and oxygen atoms in total. The fourth-order valence-corrected chi connectivity index (χ4v) is 5.04. The van der Waals surface area contributed by atoms with Gasteiger partial charge in [0.1, 0.15) is 17.0 Å². The molecule has 1 fully saturated rings. The first-order valence-electron chi connectivity index (χ1n) is 7.82. The van der Waals surface area contributed by atoms with Crippen LogP contribution >= 0.6 is 11.3 Å². The Morgan fingerprint density at radius 3 is 2.80 bits per heavy atom. The van der Waals surface area contributed by atoms with E-state index in [-0.39, 0.29) is 0 Å². The molecule has 2 aliphatic carbocycles. The van der Waals surface area contributed by atoms with Crippen molar-refractivity contribution in [2.45, 2.75) is 57.4 Å². The quantitative estimate of drug-likeness (QED) is 0.837. The molecule has 0 unspecified atom stereocenters. The highest BCUT2D eigenvalue weighted by molar-refractivity contribution is 7.19. The number of nitrogens with zero attached hydrogens (tertiary/aromatic N) is 3. The molecular weight excluding hydrogens is 266 g/mol. The van der Waals surface area contributed by atoms with Crippen molar-refractivity contribution in [3.63, 3.8) is 0 Å². The maximum Gasteiger partial charge on any atom is 0.141 e. The fourth-order valence-electron chi connectivity index (χ4n) is 3.82. The van der Waals surface area contributed by atoms with E-state index in [0.29, 0.717) is 6.04 Å². The smallest absolute Gasteiger partial charge is 0.141 e. The third-order valence-electron chi connectivity index (χ3n) is 4.94. The highest BCUT2D eigenvalue weighted by Crippen LogP contribution is 2.40. The maximum absolute atomic E-state index is 4.65. The number of anilines is 1. The van der Waals surface area contributed by atoms with Crippen LogP contribution in [0.5, 0.6) is 0 Å². The molecule has 0 saturated heterocycles. The molecule has 20 heavy (non-hydrogen) atoms. The molecule has 0 amide bonds. The zero-order chi connectivity index (χ0) is 13.5. The van der Waals surface area contributed by atoms with Crippen LogP contribution in [-0.2, 0) is 12.8 Å². The van der Waals surface area contributed by atoms with Crippen molar-refractivity contribution >= 4 is 27.4 Å². The van der Waals surface area contributed by atoms with Gasteiger partial charge in [0.25, 0.3) is 0 Å². The Bertz CT molecular complexity index is 628. The molecule has 0 bridgehead atoms. The second-order valence-electron chi connectivity index (χ2n) is 6.14. The summed E-state index contributed by atoms with van der Waals surface area (Å²) >= 11 is 1.89. The predicted molar refractivity (Wildman–Crippen MR) is 84.7 cm³/mol. The summed E-state index contributed by atoms with van der Waals surface area (Å²) in [7, 11) is 2.23.